The van der Waals surface area contributed by atoms with E-state index in [0.717, 1.165) is 31.6 Å². The van der Waals surface area contributed by atoms with Crippen LogP contribution in [0.1, 0.15) is 34.3 Å². The Hall–Kier alpha value is -2.40. The molecule has 5 nitrogen and oxygen atoms in total. The minimum Gasteiger partial charge on any atom is -0.474 e. The lowest BCUT2D eigenvalue weighted by Gasteiger charge is -2.22. The third kappa shape index (κ3) is 4.55. The Bertz CT molecular complexity index is 662. The van der Waals surface area contributed by atoms with Gasteiger partial charge in [-0.25, -0.2) is 4.98 Å². The van der Waals surface area contributed by atoms with Crippen LogP contribution in [-0.4, -0.2) is 30.2 Å². The summed E-state index contributed by atoms with van der Waals surface area (Å²) < 4.78 is 11.1. The molecule has 1 aromatic carbocycles. The van der Waals surface area contributed by atoms with Crippen molar-refractivity contribution in [2.75, 3.05) is 13.2 Å². The number of amides is 1. The van der Waals surface area contributed by atoms with Gasteiger partial charge < -0.3 is 14.8 Å². The molecule has 0 spiro atoms. The highest BCUT2D eigenvalue weighted by atomic mass is 16.5. The van der Waals surface area contributed by atoms with E-state index >= 15 is 0 Å². The van der Waals surface area contributed by atoms with E-state index in [9.17, 15) is 4.79 Å². The zero-order valence-electron chi connectivity index (χ0n) is 13.8. The number of nitrogens with zero attached hydrogens (tertiary/aromatic N) is 1. The Morgan fingerprint density at radius 1 is 1.21 bits per heavy atom. The van der Waals surface area contributed by atoms with E-state index in [1.807, 2.05) is 31.2 Å². The summed E-state index contributed by atoms with van der Waals surface area (Å²) in [6.45, 7) is 3.99. The number of ether oxygens (including phenoxy) is 2. The van der Waals surface area contributed by atoms with Gasteiger partial charge in [-0.15, -0.1) is 0 Å². The fourth-order valence-corrected chi connectivity index (χ4v) is 2.54. The lowest BCUT2D eigenvalue weighted by molar-refractivity contribution is 0.0237. The molecule has 0 atom stereocenters. The van der Waals surface area contributed by atoms with Gasteiger partial charge in [-0.2, -0.15) is 0 Å². The summed E-state index contributed by atoms with van der Waals surface area (Å²) in [4.78, 5) is 16.4. The van der Waals surface area contributed by atoms with Crippen LogP contribution in [0.25, 0.3) is 0 Å². The standard InChI is InChI=1S/C19H22N2O3/c1-14-2-4-15(5-3-14)12-21-19(22)16-6-7-18(20-13-16)24-17-8-10-23-11-9-17/h2-7,13,17H,8-12H2,1H3,(H,21,22). The van der Waals surface area contributed by atoms with E-state index in [-0.39, 0.29) is 12.0 Å². The molecule has 0 saturated carbocycles. The van der Waals surface area contributed by atoms with E-state index in [0.29, 0.717) is 18.0 Å². The number of hydrogen-bond acceptors (Lipinski definition) is 4. The molecule has 1 fully saturated rings. The third-order valence-corrected chi connectivity index (χ3v) is 4.03. The van der Waals surface area contributed by atoms with Crippen LogP contribution in [0.4, 0.5) is 0 Å². The second-order valence-electron chi connectivity index (χ2n) is 5.98. The normalized spacial score (nSPS) is 15.0. The molecular formula is C19H22N2O3. The van der Waals surface area contributed by atoms with E-state index < -0.39 is 0 Å². The van der Waals surface area contributed by atoms with Crippen molar-refractivity contribution in [1.82, 2.24) is 10.3 Å². The van der Waals surface area contributed by atoms with E-state index in [2.05, 4.69) is 10.3 Å². The molecule has 126 valence electrons. The SMILES string of the molecule is Cc1ccc(CNC(=O)c2ccc(OC3CCOCC3)nc2)cc1. The molecule has 1 saturated heterocycles. The van der Waals surface area contributed by atoms with Gasteiger partial charge in [0.2, 0.25) is 5.88 Å². The minimum atomic E-state index is -0.138. The minimum absolute atomic E-state index is 0.138. The van der Waals surface area contributed by atoms with Crippen LogP contribution in [0, 0.1) is 6.92 Å². The molecule has 0 radical (unpaired) electrons. The predicted molar refractivity (Wildman–Crippen MR) is 91.1 cm³/mol. The molecule has 0 unspecified atom stereocenters. The maximum absolute atomic E-state index is 12.2. The molecule has 2 heterocycles. The van der Waals surface area contributed by atoms with E-state index in [4.69, 9.17) is 9.47 Å². The van der Waals surface area contributed by atoms with Gasteiger partial charge in [0.05, 0.1) is 18.8 Å². The number of aromatic nitrogens is 1. The molecule has 1 N–H and O–H groups in total. The van der Waals surface area contributed by atoms with Crippen LogP contribution < -0.4 is 10.1 Å². The van der Waals surface area contributed by atoms with E-state index in [1.54, 1.807) is 18.3 Å². The number of rotatable bonds is 5. The van der Waals surface area contributed by atoms with Crippen LogP contribution in [-0.2, 0) is 11.3 Å². The first-order valence-electron chi connectivity index (χ1n) is 8.25. The van der Waals surface area contributed by atoms with Crippen molar-refractivity contribution in [2.24, 2.45) is 0 Å². The summed E-state index contributed by atoms with van der Waals surface area (Å²) in [5.74, 6) is 0.415. The second kappa shape index (κ2) is 7.93. The van der Waals surface area contributed by atoms with Crippen molar-refractivity contribution in [3.05, 3.63) is 59.3 Å². The Labute approximate surface area is 142 Å². The fraction of sp³-hybridized carbons (Fsp3) is 0.368. The quantitative estimate of drug-likeness (QED) is 0.918. The summed E-state index contributed by atoms with van der Waals surface area (Å²) in [6, 6.07) is 11.6. The van der Waals surface area contributed by atoms with Crippen molar-refractivity contribution >= 4 is 5.91 Å². The predicted octanol–water partition coefficient (Wildman–Crippen LogP) is 2.88. The Morgan fingerprint density at radius 2 is 1.96 bits per heavy atom. The molecule has 1 aliphatic heterocycles. The summed E-state index contributed by atoms with van der Waals surface area (Å²) in [5.41, 5.74) is 2.80. The molecule has 1 aromatic heterocycles. The van der Waals surface area contributed by atoms with Gasteiger partial charge in [0.15, 0.2) is 0 Å². The highest BCUT2D eigenvalue weighted by molar-refractivity contribution is 5.93. The summed E-state index contributed by atoms with van der Waals surface area (Å²) >= 11 is 0. The zero-order valence-corrected chi connectivity index (χ0v) is 13.8. The number of carbonyl (C=O) groups is 1. The van der Waals surface area contributed by atoms with Crippen molar-refractivity contribution in [1.29, 1.82) is 0 Å². The van der Waals surface area contributed by atoms with Crippen LogP contribution in [0.2, 0.25) is 0 Å². The maximum atomic E-state index is 12.2. The largest absolute Gasteiger partial charge is 0.474 e. The van der Waals surface area contributed by atoms with Crippen molar-refractivity contribution < 1.29 is 14.3 Å². The number of pyridine rings is 1. The third-order valence-electron chi connectivity index (χ3n) is 4.03. The van der Waals surface area contributed by atoms with Crippen LogP contribution in [0.15, 0.2) is 42.6 Å². The smallest absolute Gasteiger partial charge is 0.253 e. The lowest BCUT2D eigenvalue weighted by Crippen LogP contribution is -2.26. The summed E-state index contributed by atoms with van der Waals surface area (Å²) in [7, 11) is 0. The average molecular weight is 326 g/mol. The van der Waals surface area contributed by atoms with Gasteiger partial charge in [-0.1, -0.05) is 29.8 Å². The van der Waals surface area contributed by atoms with Gasteiger partial charge in [0.25, 0.3) is 5.91 Å². The van der Waals surface area contributed by atoms with Gasteiger partial charge in [0.1, 0.15) is 6.10 Å². The zero-order chi connectivity index (χ0) is 16.8. The number of carbonyl (C=O) groups excluding carboxylic acids is 1. The maximum Gasteiger partial charge on any atom is 0.253 e. The molecular weight excluding hydrogens is 304 g/mol. The molecule has 2 aromatic rings. The van der Waals surface area contributed by atoms with Crippen molar-refractivity contribution in [3.63, 3.8) is 0 Å². The van der Waals surface area contributed by atoms with Crippen LogP contribution in [0.3, 0.4) is 0 Å². The summed E-state index contributed by atoms with van der Waals surface area (Å²) in [5, 5.41) is 2.90. The Kier molecular flexibility index (Phi) is 5.43. The molecule has 0 bridgehead atoms. The van der Waals surface area contributed by atoms with Crippen LogP contribution in [0.5, 0.6) is 5.88 Å². The van der Waals surface area contributed by atoms with Crippen molar-refractivity contribution in [2.45, 2.75) is 32.4 Å². The molecule has 3 rings (SSSR count). The monoisotopic (exact) mass is 326 g/mol. The highest BCUT2D eigenvalue weighted by Crippen LogP contribution is 2.16. The number of aryl methyl sites for hydroxylation is 1. The lowest BCUT2D eigenvalue weighted by atomic mass is 10.1. The molecule has 0 aliphatic carbocycles. The molecule has 24 heavy (non-hydrogen) atoms. The van der Waals surface area contributed by atoms with Gasteiger partial charge in [0, 0.05) is 31.6 Å². The number of benzene rings is 1. The summed E-state index contributed by atoms with van der Waals surface area (Å²) in [6.07, 6.45) is 3.45. The van der Waals surface area contributed by atoms with Gasteiger partial charge in [-0.3, -0.25) is 4.79 Å². The average Bonchev–Trinajstić information content (AvgIpc) is 2.62. The first kappa shape index (κ1) is 16.5. The van der Waals surface area contributed by atoms with E-state index in [1.165, 1.54) is 5.56 Å². The Balaban J connectivity index is 1.52. The Morgan fingerprint density at radius 3 is 2.62 bits per heavy atom. The second-order valence-corrected chi connectivity index (χ2v) is 5.98. The van der Waals surface area contributed by atoms with Gasteiger partial charge >= 0.3 is 0 Å². The number of nitrogens with one attached hydrogen (secondary N) is 1. The van der Waals surface area contributed by atoms with Gasteiger partial charge in [-0.05, 0) is 18.6 Å². The molecule has 1 aliphatic rings. The fourth-order valence-electron chi connectivity index (χ4n) is 2.54. The van der Waals surface area contributed by atoms with Crippen molar-refractivity contribution in [3.8, 4) is 5.88 Å². The molecule has 5 heteroatoms. The molecule has 1 amide bonds. The highest BCUT2D eigenvalue weighted by Gasteiger charge is 2.16. The number of hydrogen-bond donors (Lipinski definition) is 1. The first-order chi connectivity index (χ1) is 11.7. The first-order valence-corrected chi connectivity index (χ1v) is 8.25. The van der Waals surface area contributed by atoms with Crippen LogP contribution >= 0.6 is 0 Å². The topological polar surface area (TPSA) is 60.5 Å².